The van der Waals surface area contributed by atoms with Crippen LogP contribution < -0.4 is 21.3 Å². The summed E-state index contributed by atoms with van der Waals surface area (Å²) in [6, 6.07) is 16.4. The smallest absolute Gasteiger partial charge is 0.306 e. The van der Waals surface area contributed by atoms with Crippen molar-refractivity contribution in [2.24, 2.45) is 5.92 Å². The van der Waals surface area contributed by atoms with Crippen LogP contribution in [-0.4, -0.2) is 50.6 Å². The summed E-state index contributed by atoms with van der Waals surface area (Å²) in [5, 5.41) is 24.9. The number of nitrogens with one attached hydrogen (secondary N) is 4. The molecule has 10 nitrogen and oxygen atoms in total. The first-order valence-electron chi connectivity index (χ1n) is 18.3. The molecule has 274 valence electrons. The molecule has 2 aliphatic carbocycles. The molecule has 2 saturated carbocycles. The third-order valence-corrected chi connectivity index (χ3v) is 12.5. The number of aliphatic carboxylic acids is 1. The Kier molecular flexibility index (Phi) is 10.6. The van der Waals surface area contributed by atoms with Gasteiger partial charge in [-0.25, -0.2) is 9.97 Å². The maximum Gasteiger partial charge on any atom is 0.306 e. The molecule has 0 spiro atoms. The maximum absolute atomic E-state index is 11.6. The van der Waals surface area contributed by atoms with Crippen molar-refractivity contribution in [3.8, 4) is 22.4 Å². The second kappa shape index (κ2) is 15.7. The van der Waals surface area contributed by atoms with E-state index in [4.69, 9.17) is 33.2 Å². The van der Waals surface area contributed by atoms with Crippen molar-refractivity contribution in [3.63, 3.8) is 0 Å². The van der Waals surface area contributed by atoms with E-state index in [-0.39, 0.29) is 23.9 Å². The number of carbonyl (C=O) groups is 2. The highest BCUT2D eigenvalue weighted by atomic mass is 35.5. The largest absolute Gasteiger partial charge is 0.481 e. The molecular weight excluding hydrogens is 729 g/mol. The molecule has 13 heteroatoms. The van der Waals surface area contributed by atoms with Gasteiger partial charge in [0.15, 0.2) is 5.82 Å². The van der Waals surface area contributed by atoms with Crippen LogP contribution >= 0.6 is 34.5 Å². The highest BCUT2D eigenvalue weighted by Gasteiger charge is 2.28. The normalized spacial score (nSPS) is 20.1. The molecule has 0 radical (unpaired) electrons. The van der Waals surface area contributed by atoms with Crippen LogP contribution in [0.25, 0.3) is 32.6 Å². The Bertz CT molecular complexity index is 2170. The molecule has 0 unspecified atom stereocenters. The van der Waals surface area contributed by atoms with E-state index < -0.39 is 5.97 Å². The Balaban J connectivity index is 0.988. The van der Waals surface area contributed by atoms with Crippen LogP contribution in [0.15, 0.2) is 60.9 Å². The molecule has 1 amide bonds. The summed E-state index contributed by atoms with van der Waals surface area (Å²) < 4.78 is 1.01. The van der Waals surface area contributed by atoms with Crippen LogP contribution in [0.4, 0.5) is 11.5 Å². The van der Waals surface area contributed by atoms with Crippen LogP contribution in [0.1, 0.15) is 73.4 Å². The lowest BCUT2D eigenvalue weighted by Gasteiger charge is -2.26. The van der Waals surface area contributed by atoms with E-state index in [2.05, 4.69) is 32.3 Å². The Morgan fingerprint density at radius 2 is 1.70 bits per heavy atom. The first-order chi connectivity index (χ1) is 25.8. The summed E-state index contributed by atoms with van der Waals surface area (Å²) >= 11 is 15.9. The van der Waals surface area contributed by atoms with Crippen molar-refractivity contribution in [1.82, 2.24) is 30.9 Å². The van der Waals surface area contributed by atoms with Crippen molar-refractivity contribution >= 4 is 68.1 Å². The quantitative estimate of drug-likeness (QED) is 0.0798. The van der Waals surface area contributed by atoms with Gasteiger partial charge in [-0.3, -0.25) is 14.6 Å². The number of pyridine rings is 2. The zero-order chi connectivity index (χ0) is 36.5. The number of fused-ring (bicyclic) bond motifs is 1. The van der Waals surface area contributed by atoms with Crippen molar-refractivity contribution < 1.29 is 14.7 Å². The molecular formula is C40H41Cl2N7O3S. The highest BCUT2D eigenvalue weighted by molar-refractivity contribution is 7.18. The van der Waals surface area contributed by atoms with Crippen LogP contribution in [0, 0.1) is 5.92 Å². The highest BCUT2D eigenvalue weighted by Crippen LogP contribution is 2.45. The number of hydrogen-bond acceptors (Lipinski definition) is 9. The average molecular weight is 771 g/mol. The Morgan fingerprint density at radius 1 is 0.925 bits per heavy atom. The van der Waals surface area contributed by atoms with E-state index in [1.54, 1.807) is 17.5 Å². The molecule has 5 aromatic rings. The SMILES string of the molecule is O=C1CC[C@@H](CNCc2cnc(-c3cccc(-c4cccc(Nc5nccc6sc(CN[C@H]7CC[C@H](C(=O)O)CC7)nc56)c4Cl)c3Cl)cc2C2CC2)N1. The van der Waals surface area contributed by atoms with Crippen molar-refractivity contribution in [2.45, 2.75) is 82.5 Å². The molecule has 3 aromatic heterocycles. The standard InChI is InChI=1S/C40H41Cl2N7O3S/c41-36-27(3-1-5-29(36)32-17-30(22-7-8-22)24(19-46-32)18-43-20-26-13-14-34(50)47-26)28-4-2-6-31(37(28)42)48-39-38-33(15-16-44-39)53-35(49-38)21-45-25-11-9-23(10-12-25)40(51)52/h1-6,15-17,19,22-23,25-26,43,45H,7-14,18,20-21H2,(H,44,48)(H,47,50)(H,51,52)/t23-,25-,26-/m0/s1. The van der Waals surface area contributed by atoms with E-state index in [1.807, 2.05) is 48.7 Å². The van der Waals surface area contributed by atoms with E-state index in [9.17, 15) is 14.7 Å². The Hall–Kier alpha value is -4.13. The molecule has 1 aliphatic heterocycles. The second-order valence-corrected chi connectivity index (χ2v) is 16.2. The van der Waals surface area contributed by atoms with E-state index in [0.717, 1.165) is 76.3 Å². The number of anilines is 2. The summed E-state index contributed by atoms with van der Waals surface area (Å²) in [5.41, 5.74) is 7.22. The summed E-state index contributed by atoms with van der Waals surface area (Å²) in [5.74, 6) is 0.342. The molecule has 8 rings (SSSR count). The Morgan fingerprint density at radius 3 is 2.45 bits per heavy atom. The van der Waals surface area contributed by atoms with Gasteiger partial charge in [-0.05, 0) is 80.2 Å². The van der Waals surface area contributed by atoms with Gasteiger partial charge in [-0.15, -0.1) is 11.3 Å². The summed E-state index contributed by atoms with van der Waals surface area (Å²) in [4.78, 5) is 37.3. The lowest BCUT2D eigenvalue weighted by atomic mass is 9.86. The minimum atomic E-state index is -0.691. The fourth-order valence-corrected chi connectivity index (χ4v) is 9.04. The lowest BCUT2D eigenvalue weighted by molar-refractivity contribution is -0.142. The average Bonchev–Trinajstić information content (AvgIpc) is 3.79. The minimum absolute atomic E-state index is 0.129. The second-order valence-electron chi connectivity index (χ2n) is 14.3. The number of hydrogen-bond donors (Lipinski definition) is 5. The Labute approximate surface area is 322 Å². The van der Waals surface area contributed by atoms with Crippen molar-refractivity contribution in [3.05, 3.63) is 87.1 Å². The van der Waals surface area contributed by atoms with Crippen LogP contribution in [0.3, 0.4) is 0 Å². The van der Waals surface area contributed by atoms with Gasteiger partial charge in [0.25, 0.3) is 0 Å². The van der Waals surface area contributed by atoms with Crippen molar-refractivity contribution in [1.29, 1.82) is 0 Å². The molecule has 2 aromatic carbocycles. The zero-order valence-electron chi connectivity index (χ0n) is 29.1. The minimum Gasteiger partial charge on any atom is -0.481 e. The number of rotatable bonds is 13. The predicted molar refractivity (Wildman–Crippen MR) is 211 cm³/mol. The summed E-state index contributed by atoms with van der Waals surface area (Å²) in [7, 11) is 0. The van der Waals surface area contributed by atoms with Gasteiger partial charge in [0.2, 0.25) is 5.91 Å². The fraction of sp³-hybridized carbons (Fsp3) is 0.375. The summed E-state index contributed by atoms with van der Waals surface area (Å²) in [6.45, 7) is 2.06. The first-order valence-corrected chi connectivity index (χ1v) is 19.9. The molecule has 4 heterocycles. The third kappa shape index (κ3) is 8.05. The van der Waals surface area contributed by atoms with Crippen LogP contribution in [0.2, 0.25) is 10.0 Å². The number of carboxylic acid groups (broad SMARTS) is 1. The molecule has 3 aliphatic rings. The maximum atomic E-state index is 11.6. The molecule has 0 bridgehead atoms. The van der Waals surface area contributed by atoms with E-state index in [0.29, 0.717) is 59.8 Å². The number of aromatic nitrogens is 3. The van der Waals surface area contributed by atoms with E-state index >= 15 is 0 Å². The van der Waals surface area contributed by atoms with Gasteiger partial charge < -0.3 is 26.4 Å². The van der Waals surface area contributed by atoms with Gasteiger partial charge in [0, 0.05) is 67.2 Å². The topological polar surface area (TPSA) is 141 Å². The molecule has 3 fully saturated rings. The molecule has 53 heavy (non-hydrogen) atoms. The van der Waals surface area contributed by atoms with Gasteiger partial charge >= 0.3 is 5.97 Å². The number of amides is 1. The first kappa shape index (κ1) is 35.9. The number of nitrogens with zero attached hydrogens (tertiary/aromatic N) is 3. The number of halogens is 2. The molecule has 1 atom stereocenters. The number of benzene rings is 2. The fourth-order valence-electron chi connectivity index (χ4n) is 7.53. The monoisotopic (exact) mass is 769 g/mol. The number of carboxylic acids is 1. The van der Waals surface area contributed by atoms with Crippen LogP contribution in [-0.2, 0) is 22.7 Å². The zero-order valence-corrected chi connectivity index (χ0v) is 31.5. The van der Waals surface area contributed by atoms with Crippen molar-refractivity contribution in [2.75, 3.05) is 11.9 Å². The predicted octanol–water partition coefficient (Wildman–Crippen LogP) is 8.45. The van der Waals surface area contributed by atoms with Crippen LogP contribution in [0.5, 0.6) is 0 Å². The van der Waals surface area contributed by atoms with Gasteiger partial charge in [-0.2, -0.15) is 0 Å². The van der Waals surface area contributed by atoms with Gasteiger partial charge in [0.1, 0.15) is 10.5 Å². The van der Waals surface area contributed by atoms with Gasteiger partial charge in [-0.1, -0.05) is 53.5 Å². The third-order valence-electron chi connectivity index (χ3n) is 10.6. The van der Waals surface area contributed by atoms with Gasteiger partial charge in [0.05, 0.1) is 32.0 Å². The number of carbonyl (C=O) groups excluding carboxylic acids is 1. The molecule has 1 saturated heterocycles. The lowest BCUT2D eigenvalue weighted by Crippen LogP contribution is -2.35. The van der Waals surface area contributed by atoms with E-state index in [1.165, 1.54) is 11.1 Å². The summed E-state index contributed by atoms with van der Waals surface area (Å²) in [6.07, 6.45) is 10.6. The molecule has 5 N–H and O–H groups in total. The number of thiazole rings is 1.